The molecule has 0 aliphatic heterocycles. The van der Waals surface area contributed by atoms with Gasteiger partial charge >= 0.3 is 5.97 Å². The van der Waals surface area contributed by atoms with Crippen LogP contribution in [0.4, 0.5) is 0 Å². The first-order chi connectivity index (χ1) is 13.1. The number of aromatic nitrogens is 1. The number of carbonyl (C=O) groups is 2. The van der Waals surface area contributed by atoms with Crippen LogP contribution in [0.3, 0.4) is 0 Å². The van der Waals surface area contributed by atoms with Crippen molar-refractivity contribution in [3.63, 3.8) is 0 Å². The number of rotatable bonds is 5. The van der Waals surface area contributed by atoms with Crippen LogP contribution in [0.2, 0.25) is 0 Å². The van der Waals surface area contributed by atoms with Crippen LogP contribution in [-0.4, -0.2) is 23.3 Å². The molecule has 0 bridgehead atoms. The van der Waals surface area contributed by atoms with Gasteiger partial charge in [-0.05, 0) is 55.9 Å². The Hall–Kier alpha value is -3.13. The number of nitrogens with zero attached hydrogens (tertiary/aromatic N) is 1. The number of ether oxygens (including phenoxy) is 1. The Morgan fingerprint density at radius 3 is 2.96 bits per heavy atom. The third-order valence-corrected chi connectivity index (χ3v) is 4.55. The zero-order chi connectivity index (χ0) is 19.2. The van der Waals surface area contributed by atoms with Crippen LogP contribution in [0.25, 0.3) is 0 Å². The Morgan fingerprint density at radius 1 is 1.37 bits per heavy atom. The Balaban J connectivity index is 1.92. The molecule has 1 aromatic carbocycles. The number of oxazole rings is 1. The summed E-state index contributed by atoms with van der Waals surface area (Å²) in [6.45, 7) is 4.02. The van der Waals surface area contributed by atoms with E-state index in [0.29, 0.717) is 12.2 Å². The predicted octanol–water partition coefficient (Wildman–Crippen LogP) is 3.62. The second-order valence-corrected chi connectivity index (χ2v) is 6.31. The number of esters is 1. The highest BCUT2D eigenvalue weighted by Crippen LogP contribution is 2.33. The highest BCUT2D eigenvalue weighted by molar-refractivity contribution is 6.09. The van der Waals surface area contributed by atoms with Gasteiger partial charge < -0.3 is 9.15 Å². The van der Waals surface area contributed by atoms with Crippen molar-refractivity contribution in [2.24, 2.45) is 0 Å². The normalized spacial score (nSPS) is 13.7. The molecule has 2 aromatic rings. The van der Waals surface area contributed by atoms with Crippen LogP contribution in [0.5, 0.6) is 0 Å². The summed E-state index contributed by atoms with van der Waals surface area (Å²) in [5.74, 6) is 5.43. The van der Waals surface area contributed by atoms with Gasteiger partial charge in [-0.25, -0.2) is 9.78 Å². The number of allylic oxidation sites excluding steroid dienone is 1. The van der Waals surface area contributed by atoms with Gasteiger partial charge in [0, 0.05) is 17.6 Å². The Bertz CT molecular complexity index is 929. The molecule has 1 heterocycles. The molecule has 138 valence electrons. The molecule has 5 heteroatoms. The summed E-state index contributed by atoms with van der Waals surface area (Å²) in [5, 5.41) is 0. The molecule has 1 unspecified atom stereocenters. The molecule has 0 N–H and O–H groups in total. The minimum atomic E-state index is -0.418. The van der Waals surface area contributed by atoms with Gasteiger partial charge in [0.25, 0.3) is 0 Å². The zero-order valence-corrected chi connectivity index (χ0v) is 15.5. The molecule has 0 amide bonds. The molecule has 0 fully saturated rings. The smallest absolute Gasteiger partial charge is 0.331 e. The molecule has 1 aromatic heterocycles. The highest BCUT2D eigenvalue weighted by atomic mass is 16.5. The van der Waals surface area contributed by atoms with Crippen molar-refractivity contribution in [1.82, 2.24) is 4.98 Å². The molecule has 5 nitrogen and oxygen atoms in total. The van der Waals surface area contributed by atoms with Crippen molar-refractivity contribution in [1.29, 1.82) is 0 Å². The highest BCUT2D eigenvalue weighted by Gasteiger charge is 2.26. The van der Waals surface area contributed by atoms with Gasteiger partial charge in [0.05, 0.1) is 12.8 Å². The van der Waals surface area contributed by atoms with Gasteiger partial charge in [-0.3, -0.25) is 4.79 Å². The van der Waals surface area contributed by atoms with Crippen LogP contribution in [-0.2, 0) is 22.4 Å². The van der Waals surface area contributed by atoms with Gasteiger partial charge in [0.1, 0.15) is 0 Å². The van der Waals surface area contributed by atoms with E-state index in [9.17, 15) is 9.59 Å². The summed E-state index contributed by atoms with van der Waals surface area (Å²) in [7, 11) is 0. The van der Waals surface area contributed by atoms with E-state index in [-0.39, 0.29) is 17.5 Å². The molecule has 1 aliphatic carbocycles. The van der Waals surface area contributed by atoms with Crippen LogP contribution >= 0.6 is 0 Å². The molecule has 1 atom stereocenters. The van der Waals surface area contributed by atoms with Crippen LogP contribution in [0, 0.1) is 11.8 Å². The lowest BCUT2D eigenvalue weighted by molar-refractivity contribution is -0.137. The fraction of sp³-hybridized carbons (Fsp3) is 0.318. The van der Waals surface area contributed by atoms with E-state index in [0.717, 1.165) is 30.4 Å². The lowest BCUT2D eigenvalue weighted by Crippen LogP contribution is -2.10. The Labute approximate surface area is 158 Å². The molecule has 27 heavy (non-hydrogen) atoms. The summed E-state index contributed by atoms with van der Waals surface area (Å²) in [4.78, 5) is 28.2. The van der Waals surface area contributed by atoms with E-state index in [1.807, 2.05) is 13.0 Å². The van der Waals surface area contributed by atoms with Crippen molar-refractivity contribution in [2.45, 2.75) is 39.0 Å². The van der Waals surface area contributed by atoms with E-state index in [1.165, 1.54) is 30.3 Å². The minimum Gasteiger partial charge on any atom is -0.463 e. The molecule has 0 radical (unpaired) electrons. The molecular formula is C22H21NO4. The first kappa shape index (κ1) is 18.7. The first-order valence-electron chi connectivity index (χ1n) is 9.04. The average Bonchev–Trinajstić information content (AvgIpc) is 3.35. The number of hydrogen-bond donors (Lipinski definition) is 0. The number of hydrogen-bond acceptors (Lipinski definition) is 5. The number of carbonyl (C=O) groups excluding carboxylic acids is 2. The monoisotopic (exact) mass is 363 g/mol. The SMILES string of the molecule is CCOC(=O)/C=C\C#CC(C)c1ccc2c(c1C(=O)c1cnco1)CCC2. The average molecular weight is 363 g/mol. The lowest BCUT2D eigenvalue weighted by atomic mass is 9.87. The van der Waals surface area contributed by atoms with Crippen molar-refractivity contribution in [2.75, 3.05) is 6.61 Å². The van der Waals surface area contributed by atoms with Crippen molar-refractivity contribution < 1.29 is 18.7 Å². The van der Waals surface area contributed by atoms with Gasteiger partial charge in [0.2, 0.25) is 5.78 Å². The number of ketones is 1. The predicted molar refractivity (Wildman–Crippen MR) is 100 cm³/mol. The fourth-order valence-electron chi connectivity index (χ4n) is 3.32. The quantitative estimate of drug-likeness (QED) is 0.351. The maximum atomic E-state index is 13.0. The summed E-state index contributed by atoms with van der Waals surface area (Å²) in [6.07, 6.45) is 8.37. The largest absolute Gasteiger partial charge is 0.463 e. The van der Waals surface area contributed by atoms with E-state index >= 15 is 0 Å². The summed E-state index contributed by atoms with van der Waals surface area (Å²) in [5.41, 5.74) is 3.85. The Kier molecular flexibility index (Phi) is 5.87. The third-order valence-electron chi connectivity index (χ3n) is 4.55. The van der Waals surface area contributed by atoms with E-state index in [2.05, 4.69) is 22.9 Å². The maximum Gasteiger partial charge on any atom is 0.331 e. The maximum absolute atomic E-state index is 13.0. The van der Waals surface area contributed by atoms with Gasteiger partial charge in [-0.1, -0.05) is 24.0 Å². The number of fused-ring (bicyclic) bond motifs is 1. The number of aryl methyl sites for hydroxylation is 1. The second-order valence-electron chi connectivity index (χ2n) is 6.31. The van der Waals surface area contributed by atoms with E-state index in [4.69, 9.17) is 9.15 Å². The lowest BCUT2D eigenvalue weighted by Gasteiger charge is -2.15. The van der Waals surface area contributed by atoms with Crippen molar-refractivity contribution in [3.05, 3.63) is 64.9 Å². The van der Waals surface area contributed by atoms with Crippen LogP contribution in [0.1, 0.15) is 59.0 Å². The fourth-order valence-corrected chi connectivity index (χ4v) is 3.32. The van der Waals surface area contributed by atoms with E-state index < -0.39 is 5.97 Å². The third kappa shape index (κ3) is 4.17. The molecular weight excluding hydrogens is 342 g/mol. The summed E-state index contributed by atoms with van der Waals surface area (Å²) >= 11 is 0. The summed E-state index contributed by atoms with van der Waals surface area (Å²) in [6, 6.07) is 4.06. The first-order valence-corrected chi connectivity index (χ1v) is 9.04. The number of benzene rings is 1. The van der Waals surface area contributed by atoms with Gasteiger partial charge in [0.15, 0.2) is 12.2 Å². The van der Waals surface area contributed by atoms with Gasteiger partial charge in [-0.15, -0.1) is 0 Å². The van der Waals surface area contributed by atoms with Crippen molar-refractivity contribution >= 4 is 11.8 Å². The Morgan fingerprint density at radius 2 is 2.22 bits per heavy atom. The molecule has 0 spiro atoms. The van der Waals surface area contributed by atoms with E-state index in [1.54, 1.807) is 6.92 Å². The summed E-state index contributed by atoms with van der Waals surface area (Å²) < 4.78 is 10.1. The second kappa shape index (κ2) is 8.50. The van der Waals surface area contributed by atoms with Crippen LogP contribution in [0.15, 0.2) is 41.3 Å². The molecule has 0 saturated heterocycles. The van der Waals surface area contributed by atoms with Gasteiger partial charge in [-0.2, -0.15) is 0 Å². The molecule has 3 rings (SSSR count). The minimum absolute atomic E-state index is 0.156. The van der Waals surface area contributed by atoms with Crippen LogP contribution < -0.4 is 0 Å². The molecule has 0 saturated carbocycles. The topological polar surface area (TPSA) is 69.4 Å². The zero-order valence-electron chi connectivity index (χ0n) is 15.5. The van der Waals surface area contributed by atoms with Crippen molar-refractivity contribution in [3.8, 4) is 11.8 Å². The standard InChI is InChI=1S/C22H21NO4/c1-3-26-20(24)10-5-4-7-15(2)17-12-11-16-8-6-9-18(16)21(17)22(25)19-13-23-14-27-19/h5,10-15H,3,6,8-9H2,1-2H3/b10-5-. The molecule has 1 aliphatic rings.